The number of ether oxygens (including phenoxy) is 1. The summed E-state index contributed by atoms with van der Waals surface area (Å²) in [6.07, 6.45) is 15.2. The van der Waals surface area contributed by atoms with Crippen molar-refractivity contribution in [3.63, 3.8) is 0 Å². The fraction of sp³-hybridized carbons (Fsp3) is 0.600. The smallest absolute Gasteiger partial charge is 0.122 e. The number of methoxy groups -OCH3 is 1. The minimum Gasteiger partial charge on any atom is -0.376 e. The molecule has 1 N–H and O–H groups in total. The van der Waals surface area contributed by atoms with Crippen molar-refractivity contribution < 1.29 is 4.74 Å². The van der Waals surface area contributed by atoms with Crippen molar-refractivity contribution in [1.29, 1.82) is 0 Å². The number of aromatic nitrogens is 4. The maximum atomic E-state index is 6.04. The molecule has 202 valence electrons. The van der Waals surface area contributed by atoms with Gasteiger partial charge >= 0.3 is 0 Å². The fourth-order valence-electron chi connectivity index (χ4n) is 5.91. The van der Waals surface area contributed by atoms with Gasteiger partial charge in [-0.3, -0.25) is 4.90 Å². The second-order valence-electron chi connectivity index (χ2n) is 10.6. The zero-order valence-corrected chi connectivity index (χ0v) is 23.3. The van der Waals surface area contributed by atoms with Crippen molar-refractivity contribution in [2.45, 2.75) is 78.1 Å². The predicted octanol–water partition coefficient (Wildman–Crippen LogP) is 5.50. The second kappa shape index (κ2) is 13.9. The molecular formula is C30H46N6O. The van der Waals surface area contributed by atoms with Crippen LogP contribution in [0.1, 0.15) is 80.4 Å². The van der Waals surface area contributed by atoms with Gasteiger partial charge in [-0.25, -0.2) is 9.97 Å². The molecule has 0 fully saturated rings. The quantitative estimate of drug-likeness (QED) is 0.260. The highest BCUT2D eigenvalue weighted by Crippen LogP contribution is 2.41. The van der Waals surface area contributed by atoms with E-state index in [2.05, 4.69) is 68.4 Å². The number of rotatable bonds is 16. The van der Waals surface area contributed by atoms with E-state index in [0.717, 1.165) is 37.7 Å². The number of benzene rings is 1. The van der Waals surface area contributed by atoms with Crippen LogP contribution >= 0.6 is 0 Å². The molecule has 0 bridgehead atoms. The first-order valence-electron chi connectivity index (χ1n) is 14.1. The van der Waals surface area contributed by atoms with Gasteiger partial charge in [0.25, 0.3) is 0 Å². The lowest BCUT2D eigenvalue weighted by Crippen LogP contribution is -2.26. The Labute approximate surface area is 223 Å². The van der Waals surface area contributed by atoms with E-state index in [1.165, 1.54) is 68.4 Å². The summed E-state index contributed by atoms with van der Waals surface area (Å²) in [4.78, 5) is 17.3. The summed E-state index contributed by atoms with van der Waals surface area (Å²) < 4.78 is 8.13. The Morgan fingerprint density at radius 1 is 1.00 bits per heavy atom. The molecular weight excluding hydrogens is 460 g/mol. The van der Waals surface area contributed by atoms with Crippen molar-refractivity contribution in [3.05, 3.63) is 71.3 Å². The Kier molecular flexibility index (Phi) is 10.3. The van der Waals surface area contributed by atoms with Crippen LogP contribution in [0.5, 0.6) is 0 Å². The normalized spacial score (nSPS) is 17.2. The Hall–Kier alpha value is -2.48. The van der Waals surface area contributed by atoms with Gasteiger partial charge in [-0.1, -0.05) is 38.5 Å². The van der Waals surface area contributed by atoms with E-state index in [9.17, 15) is 0 Å². The molecule has 4 rings (SSSR count). The van der Waals surface area contributed by atoms with Gasteiger partial charge in [0.05, 0.1) is 19.2 Å². The van der Waals surface area contributed by atoms with E-state index in [0.29, 0.717) is 5.92 Å². The van der Waals surface area contributed by atoms with E-state index in [4.69, 9.17) is 4.74 Å². The van der Waals surface area contributed by atoms with Crippen LogP contribution in [0.3, 0.4) is 0 Å². The molecule has 7 nitrogen and oxygen atoms in total. The number of fused-ring (bicyclic) bond motifs is 1. The van der Waals surface area contributed by atoms with Gasteiger partial charge < -0.3 is 19.2 Å². The third-order valence-electron chi connectivity index (χ3n) is 7.68. The molecule has 0 spiro atoms. The van der Waals surface area contributed by atoms with Gasteiger partial charge in [0.2, 0.25) is 0 Å². The molecule has 0 saturated heterocycles. The number of H-pyrrole nitrogens is 1. The number of imidazole rings is 2. The van der Waals surface area contributed by atoms with E-state index >= 15 is 0 Å². The second-order valence-corrected chi connectivity index (χ2v) is 10.6. The summed E-state index contributed by atoms with van der Waals surface area (Å²) in [7, 11) is 3.93. The van der Waals surface area contributed by atoms with Crippen LogP contribution in [0.4, 0.5) is 0 Å². The Balaban J connectivity index is 1.37. The van der Waals surface area contributed by atoms with Gasteiger partial charge in [0, 0.05) is 45.5 Å². The molecule has 2 heterocycles. The fourth-order valence-corrected chi connectivity index (χ4v) is 5.91. The van der Waals surface area contributed by atoms with Crippen LogP contribution in [0, 0.1) is 5.92 Å². The van der Waals surface area contributed by atoms with E-state index in [-0.39, 0.29) is 6.10 Å². The SMILES string of the molecule is CCCN(CCC)CCCCC1Cc2cc(CN(Cc3ncc[nH]3)Cc3nccn3C)ccc2C1OC. The monoisotopic (exact) mass is 506 g/mol. The first-order chi connectivity index (χ1) is 18.1. The summed E-state index contributed by atoms with van der Waals surface area (Å²) in [5, 5.41) is 0. The van der Waals surface area contributed by atoms with E-state index in [1.54, 1.807) is 0 Å². The first kappa shape index (κ1) is 27.6. The van der Waals surface area contributed by atoms with Crippen LogP contribution in [-0.2, 0) is 37.8 Å². The van der Waals surface area contributed by atoms with Gasteiger partial charge in [-0.15, -0.1) is 0 Å². The zero-order chi connectivity index (χ0) is 26.0. The lowest BCUT2D eigenvalue weighted by atomic mass is 9.96. The molecule has 0 saturated carbocycles. The lowest BCUT2D eigenvalue weighted by molar-refractivity contribution is 0.0579. The highest BCUT2D eigenvalue weighted by Gasteiger charge is 2.32. The van der Waals surface area contributed by atoms with Gasteiger partial charge in [-0.2, -0.15) is 0 Å². The third-order valence-corrected chi connectivity index (χ3v) is 7.68. The molecule has 1 aromatic carbocycles. The molecule has 1 aliphatic carbocycles. The van der Waals surface area contributed by atoms with E-state index < -0.39 is 0 Å². The average Bonchev–Trinajstić information content (AvgIpc) is 3.62. The Morgan fingerprint density at radius 3 is 2.51 bits per heavy atom. The number of aromatic amines is 1. The number of hydrogen-bond donors (Lipinski definition) is 1. The number of unbranched alkanes of at least 4 members (excludes halogenated alkanes) is 1. The summed E-state index contributed by atoms with van der Waals surface area (Å²) >= 11 is 0. The first-order valence-corrected chi connectivity index (χ1v) is 14.1. The standard InChI is InChI=1S/C30H46N6O/c1-5-15-35(16-6-2)17-8-7-9-25-20-26-19-24(10-11-27(26)30(25)37-4)21-36(22-28-31-12-13-32-28)23-29-33-14-18-34(29)3/h10-14,18-19,25,30H,5-9,15-17,20-23H2,1-4H3,(H,31,32). The minimum absolute atomic E-state index is 0.221. The van der Waals surface area contributed by atoms with Crippen LogP contribution in [0.15, 0.2) is 43.0 Å². The third kappa shape index (κ3) is 7.53. The Bertz CT molecular complexity index is 1060. The van der Waals surface area contributed by atoms with Gasteiger partial charge in [-0.05, 0) is 74.3 Å². The number of hydrogen-bond acceptors (Lipinski definition) is 5. The maximum absolute atomic E-state index is 6.04. The number of nitrogens with one attached hydrogen (secondary N) is 1. The topological polar surface area (TPSA) is 62.2 Å². The van der Waals surface area contributed by atoms with Gasteiger partial charge in [0.15, 0.2) is 0 Å². The lowest BCUT2D eigenvalue weighted by Gasteiger charge is -2.22. The summed E-state index contributed by atoms with van der Waals surface area (Å²) in [5.41, 5.74) is 4.18. The van der Waals surface area contributed by atoms with Crippen LogP contribution < -0.4 is 0 Å². The largest absolute Gasteiger partial charge is 0.376 e. The van der Waals surface area contributed by atoms with Crippen molar-refractivity contribution in [2.24, 2.45) is 13.0 Å². The zero-order valence-electron chi connectivity index (χ0n) is 23.3. The maximum Gasteiger partial charge on any atom is 0.122 e. The van der Waals surface area contributed by atoms with E-state index in [1.807, 2.05) is 31.9 Å². The van der Waals surface area contributed by atoms with Crippen molar-refractivity contribution >= 4 is 0 Å². The van der Waals surface area contributed by atoms with Crippen LogP contribution in [-0.4, -0.2) is 56.1 Å². The van der Waals surface area contributed by atoms with Crippen molar-refractivity contribution in [3.8, 4) is 0 Å². The number of aryl methyl sites for hydroxylation is 1. The Morgan fingerprint density at radius 2 is 1.84 bits per heavy atom. The highest BCUT2D eigenvalue weighted by atomic mass is 16.5. The van der Waals surface area contributed by atoms with Crippen molar-refractivity contribution in [2.75, 3.05) is 26.7 Å². The molecule has 37 heavy (non-hydrogen) atoms. The molecule has 2 atom stereocenters. The molecule has 0 aliphatic heterocycles. The molecule has 1 aliphatic rings. The molecule has 3 aromatic rings. The summed E-state index contributed by atoms with van der Waals surface area (Å²) in [5.74, 6) is 2.61. The molecule has 2 unspecified atom stereocenters. The van der Waals surface area contributed by atoms with Crippen molar-refractivity contribution in [1.82, 2.24) is 29.3 Å². The van der Waals surface area contributed by atoms with Gasteiger partial charge in [0.1, 0.15) is 11.6 Å². The average molecular weight is 507 g/mol. The molecule has 2 aromatic heterocycles. The molecule has 0 amide bonds. The highest BCUT2D eigenvalue weighted by molar-refractivity contribution is 5.38. The van der Waals surface area contributed by atoms with Crippen LogP contribution in [0.25, 0.3) is 0 Å². The minimum atomic E-state index is 0.221. The summed E-state index contributed by atoms with van der Waals surface area (Å²) in [6.45, 7) is 10.6. The van der Waals surface area contributed by atoms with Crippen LogP contribution in [0.2, 0.25) is 0 Å². The molecule has 0 radical (unpaired) electrons. The number of nitrogens with zero attached hydrogens (tertiary/aromatic N) is 5. The predicted molar refractivity (Wildman–Crippen MR) is 149 cm³/mol. The molecule has 7 heteroatoms. The summed E-state index contributed by atoms with van der Waals surface area (Å²) in [6, 6.07) is 7.02.